The summed E-state index contributed by atoms with van der Waals surface area (Å²) >= 11 is 0. The van der Waals surface area contributed by atoms with E-state index in [4.69, 9.17) is 24.7 Å². The van der Waals surface area contributed by atoms with Gasteiger partial charge in [-0.05, 0) is 49.1 Å². The van der Waals surface area contributed by atoms with Crippen molar-refractivity contribution in [2.75, 3.05) is 19.8 Å². The number of aliphatic hydroxyl groups excluding tert-OH is 1. The SMILES string of the molecule is CCCCCCOc1ccc2c(=O)c3cc(CCC(N)(CO)COP(=O)(O)O)ccc3oc2c1. The van der Waals surface area contributed by atoms with E-state index in [0.717, 1.165) is 24.8 Å². The van der Waals surface area contributed by atoms with Gasteiger partial charge in [0.1, 0.15) is 16.9 Å². The van der Waals surface area contributed by atoms with Crippen LogP contribution in [0.4, 0.5) is 0 Å². The third-order valence-corrected chi connectivity index (χ3v) is 6.18. The molecular formula is C24H32NO8P. The van der Waals surface area contributed by atoms with E-state index in [9.17, 15) is 14.5 Å². The maximum Gasteiger partial charge on any atom is 0.469 e. The number of rotatable bonds is 13. The average molecular weight is 493 g/mol. The van der Waals surface area contributed by atoms with Gasteiger partial charge in [-0.1, -0.05) is 32.3 Å². The molecule has 2 aromatic carbocycles. The maximum atomic E-state index is 13.1. The zero-order valence-corrected chi connectivity index (χ0v) is 20.1. The van der Waals surface area contributed by atoms with Crippen LogP contribution in [-0.2, 0) is 15.5 Å². The molecule has 0 bridgehead atoms. The topological polar surface area (TPSA) is 152 Å². The Bertz CT molecular complexity index is 1220. The van der Waals surface area contributed by atoms with Crippen molar-refractivity contribution < 1.29 is 33.1 Å². The maximum absolute atomic E-state index is 13.1. The number of hydrogen-bond donors (Lipinski definition) is 4. The van der Waals surface area contributed by atoms with Crippen LogP contribution in [0.2, 0.25) is 0 Å². The molecule has 0 aliphatic heterocycles. The first-order valence-corrected chi connectivity index (χ1v) is 12.9. The van der Waals surface area contributed by atoms with Crippen molar-refractivity contribution in [3.63, 3.8) is 0 Å². The predicted molar refractivity (Wildman–Crippen MR) is 130 cm³/mol. The highest BCUT2D eigenvalue weighted by Gasteiger charge is 2.28. The Kier molecular flexibility index (Phi) is 8.87. The molecule has 0 aliphatic rings. The first kappa shape index (κ1) is 26.3. The second kappa shape index (κ2) is 11.4. The Morgan fingerprint density at radius 3 is 2.56 bits per heavy atom. The van der Waals surface area contributed by atoms with E-state index in [2.05, 4.69) is 11.4 Å². The molecule has 0 saturated carbocycles. The number of fused-ring (bicyclic) bond motifs is 2. The molecule has 1 heterocycles. The molecule has 0 amide bonds. The summed E-state index contributed by atoms with van der Waals surface area (Å²) in [5.41, 5.74) is 6.18. The number of benzene rings is 2. The van der Waals surface area contributed by atoms with Gasteiger partial charge in [0.15, 0.2) is 0 Å². The van der Waals surface area contributed by atoms with Crippen molar-refractivity contribution in [2.24, 2.45) is 5.73 Å². The van der Waals surface area contributed by atoms with Crippen molar-refractivity contribution >= 4 is 29.8 Å². The second-order valence-electron chi connectivity index (χ2n) is 8.61. The van der Waals surface area contributed by atoms with Gasteiger partial charge in [0, 0.05) is 6.07 Å². The Hall–Kier alpha value is -2.26. The minimum Gasteiger partial charge on any atom is -0.493 e. The van der Waals surface area contributed by atoms with Crippen molar-refractivity contribution in [3.8, 4) is 5.75 Å². The lowest BCUT2D eigenvalue weighted by molar-refractivity contribution is 0.102. The quantitative estimate of drug-likeness (QED) is 0.159. The van der Waals surface area contributed by atoms with E-state index in [-0.39, 0.29) is 11.8 Å². The molecule has 1 unspecified atom stereocenters. The van der Waals surface area contributed by atoms with Gasteiger partial charge < -0.3 is 29.8 Å². The summed E-state index contributed by atoms with van der Waals surface area (Å²) in [4.78, 5) is 30.9. The molecule has 9 nitrogen and oxygen atoms in total. The van der Waals surface area contributed by atoms with Gasteiger partial charge in [-0.2, -0.15) is 0 Å². The molecular weight excluding hydrogens is 461 g/mol. The van der Waals surface area contributed by atoms with Gasteiger partial charge in [-0.25, -0.2) is 4.57 Å². The zero-order chi connectivity index (χ0) is 24.8. The van der Waals surface area contributed by atoms with Crippen molar-refractivity contribution in [3.05, 3.63) is 52.2 Å². The Balaban J connectivity index is 1.76. The minimum absolute atomic E-state index is 0.168. The largest absolute Gasteiger partial charge is 0.493 e. The summed E-state index contributed by atoms with van der Waals surface area (Å²) in [6, 6.07) is 10.4. The first-order chi connectivity index (χ1) is 16.1. The van der Waals surface area contributed by atoms with E-state index in [1.165, 1.54) is 6.42 Å². The lowest BCUT2D eigenvalue weighted by Crippen LogP contribution is -2.48. The van der Waals surface area contributed by atoms with Crippen LogP contribution in [0.25, 0.3) is 21.9 Å². The second-order valence-corrected chi connectivity index (χ2v) is 9.85. The number of phosphoric ester groups is 1. The van der Waals surface area contributed by atoms with Gasteiger partial charge in [0.05, 0.1) is 36.1 Å². The predicted octanol–water partition coefficient (Wildman–Crippen LogP) is 3.64. The minimum atomic E-state index is -4.70. The van der Waals surface area contributed by atoms with Gasteiger partial charge in [-0.3, -0.25) is 9.32 Å². The highest BCUT2D eigenvalue weighted by Crippen LogP contribution is 2.37. The number of unbranched alkanes of at least 4 members (excludes halogenated alkanes) is 3. The highest BCUT2D eigenvalue weighted by molar-refractivity contribution is 7.46. The van der Waals surface area contributed by atoms with E-state index in [0.29, 0.717) is 40.7 Å². The molecule has 5 N–H and O–H groups in total. The third-order valence-electron chi connectivity index (χ3n) is 5.72. The summed E-state index contributed by atoms with van der Waals surface area (Å²) in [6.07, 6.45) is 4.98. The lowest BCUT2D eigenvalue weighted by atomic mass is 9.93. The summed E-state index contributed by atoms with van der Waals surface area (Å²) in [6.45, 7) is 1.75. The van der Waals surface area contributed by atoms with Gasteiger partial charge in [0.25, 0.3) is 0 Å². The van der Waals surface area contributed by atoms with Crippen molar-refractivity contribution in [1.29, 1.82) is 0 Å². The number of aliphatic hydroxyl groups is 1. The van der Waals surface area contributed by atoms with Crippen LogP contribution >= 0.6 is 7.82 Å². The molecule has 1 atom stereocenters. The fraction of sp³-hybridized carbons (Fsp3) is 0.458. The Morgan fingerprint density at radius 1 is 1.06 bits per heavy atom. The Morgan fingerprint density at radius 2 is 1.85 bits per heavy atom. The van der Waals surface area contributed by atoms with E-state index < -0.39 is 26.6 Å². The van der Waals surface area contributed by atoms with Crippen LogP contribution in [0.15, 0.2) is 45.6 Å². The van der Waals surface area contributed by atoms with Crippen LogP contribution in [0, 0.1) is 0 Å². The fourth-order valence-electron chi connectivity index (χ4n) is 3.65. The number of nitrogens with two attached hydrogens (primary N) is 1. The van der Waals surface area contributed by atoms with Crippen LogP contribution in [-0.4, -0.2) is 40.3 Å². The van der Waals surface area contributed by atoms with Crippen LogP contribution < -0.4 is 15.9 Å². The molecule has 186 valence electrons. The van der Waals surface area contributed by atoms with Crippen LogP contribution in [0.1, 0.15) is 44.6 Å². The molecule has 0 radical (unpaired) electrons. The smallest absolute Gasteiger partial charge is 0.469 e. The van der Waals surface area contributed by atoms with E-state index >= 15 is 0 Å². The number of ether oxygens (including phenoxy) is 1. The van der Waals surface area contributed by atoms with E-state index in [1.807, 2.05) is 0 Å². The van der Waals surface area contributed by atoms with Gasteiger partial charge >= 0.3 is 7.82 Å². The fourth-order valence-corrected chi connectivity index (χ4v) is 4.07. The molecule has 0 spiro atoms. The van der Waals surface area contributed by atoms with Gasteiger partial charge in [-0.15, -0.1) is 0 Å². The van der Waals surface area contributed by atoms with Crippen molar-refractivity contribution in [1.82, 2.24) is 0 Å². The summed E-state index contributed by atoms with van der Waals surface area (Å²) < 4.78 is 27.2. The molecule has 0 aliphatic carbocycles. The van der Waals surface area contributed by atoms with Gasteiger partial charge in [0.2, 0.25) is 5.43 Å². The normalized spacial score (nSPS) is 13.9. The number of phosphoric acid groups is 1. The Labute approximate surface area is 197 Å². The highest BCUT2D eigenvalue weighted by atomic mass is 31.2. The first-order valence-electron chi connectivity index (χ1n) is 11.4. The third kappa shape index (κ3) is 7.12. The molecule has 0 fully saturated rings. The van der Waals surface area contributed by atoms with E-state index in [1.54, 1.807) is 36.4 Å². The number of aryl methyl sites for hydroxylation is 1. The lowest BCUT2D eigenvalue weighted by Gasteiger charge is -2.27. The van der Waals surface area contributed by atoms with Crippen LogP contribution in [0.5, 0.6) is 5.75 Å². The van der Waals surface area contributed by atoms with Crippen LogP contribution in [0.3, 0.4) is 0 Å². The summed E-state index contributed by atoms with van der Waals surface area (Å²) in [5.74, 6) is 0.656. The molecule has 3 rings (SSSR count). The molecule has 10 heteroatoms. The summed E-state index contributed by atoms with van der Waals surface area (Å²) in [5, 5.41) is 10.4. The molecule has 1 aromatic heterocycles. The molecule has 34 heavy (non-hydrogen) atoms. The zero-order valence-electron chi connectivity index (χ0n) is 19.2. The standard InChI is InChI=1S/C24H32NO8P/c1-2-3-4-5-12-31-18-7-8-19-22(14-18)33-21-9-6-17(13-20(21)23(19)27)10-11-24(25,15-26)16-32-34(28,29)30/h6-9,13-14,26H,2-5,10-12,15-16,25H2,1H3,(H2,28,29,30). The summed E-state index contributed by atoms with van der Waals surface area (Å²) in [7, 11) is -4.70. The van der Waals surface area contributed by atoms with Crippen molar-refractivity contribution in [2.45, 2.75) is 51.0 Å². The number of hydrogen-bond acceptors (Lipinski definition) is 7. The average Bonchev–Trinajstić information content (AvgIpc) is 2.81. The molecule has 3 aromatic rings. The molecule has 0 saturated heterocycles. The monoisotopic (exact) mass is 493 g/mol.